The Hall–Kier alpha value is -1.69. The van der Waals surface area contributed by atoms with Gasteiger partial charge in [-0.2, -0.15) is 0 Å². The summed E-state index contributed by atoms with van der Waals surface area (Å²) in [5.74, 6) is 0.731. The van der Waals surface area contributed by atoms with E-state index >= 15 is 0 Å². The lowest BCUT2D eigenvalue weighted by atomic mass is 10.0. The zero-order chi connectivity index (χ0) is 15.6. The van der Waals surface area contributed by atoms with Crippen LogP contribution in [0.2, 0.25) is 0 Å². The van der Waals surface area contributed by atoms with Crippen molar-refractivity contribution in [2.24, 2.45) is 5.92 Å². The number of hydrogen-bond acceptors (Lipinski definition) is 5. The van der Waals surface area contributed by atoms with E-state index in [1.807, 2.05) is 20.8 Å². The zero-order valence-electron chi connectivity index (χ0n) is 12.8. The van der Waals surface area contributed by atoms with Gasteiger partial charge in [0.1, 0.15) is 22.5 Å². The molecule has 0 bridgehead atoms. The lowest BCUT2D eigenvalue weighted by Gasteiger charge is -2.17. The normalized spacial score (nSPS) is 12.8. The summed E-state index contributed by atoms with van der Waals surface area (Å²) in [4.78, 5) is 22.4. The maximum atomic E-state index is 11.4. The highest BCUT2D eigenvalue weighted by Crippen LogP contribution is 2.30. The number of thiophene rings is 1. The molecule has 0 saturated carbocycles. The second-order valence-electron chi connectivity index (χ2n) is 5.57. The van der Waals surface area contributed by atoms with Crippen LogP contribution in [0.3, 0.4) is 0 Å². The second-order valence-corrected chi connectivity index (χ2v) is 6.68. The fourth-order valence-electron chi connectivity index (χ4n) is 2.22. The van der Waals surface area contributed by atoms with Crippen LogP contribution >= 0.6 is 11.3 Å². The monoisotopic (exact) mass is 307 g/mol. The first-order valence-corrected chi connectivity index (χ1v) is 7.98. The Morgan fingerprint density at radius 2 is 2.14 bits per heavy atom. The molecule has 2 heterocycles. The molecule has 114 valence electrons. The molecule has 2 N–H and O–H groups in total. The Morgan fingerprint density at radius 1 is 1.43 bits per heavy atom. The van der Waals surface area contributed by atoms with Gasteiger partial charge in [0, 0.05) is 4.88 Å². The first-order valence-electron chi connectivity index (χ1n) is 7.17. The molecule has 2 aromatic heterocycles. The fourth-order valence-corrected chi connectivity index (χ4v) is 3.23. The topological polar surface area (TPSA) is 75.1 Å². The van der Waals surface area contributed by atoms with Gasteiger partial charge in [-0.05, 0) is 31.7 Å². The van der Waals surface area contributed by atoms with Crippen LogP contribution in [0.4, 0.5) is 5.82 Å². The summed E-state index contributed by atoms with van der Waals surface area (Å²) in [5, 5.41) is 13.4. The predicted octanol–water partition coefficient (Wildman–Crippen LogP) is 3.47. The zero-order valence-corrected chi connectivity index (χ0v) is 13.6. The first-order chi connectivity index (χ1) is 9.90. The molecule has 0 saturated heterocycles. The van der Waals surface area contributed by atoms with Gasteiger partial charge in [-0.25, -0.2) is 14.8 Å². The first kappa shape index (κ1) is 15.7. The van der Waals surface area contributed by atoms with E-state index in [4.69, 9.17) is 0 Å². The number of fused-ring (bicyclic) bond motifs is 1. The standard InChI is InChI=1S/C15H21N3O2S/c1-5-10-7-11-13(16-9(4)17-14(11)21-10)18-12(15(19)20)6-8(2)3/h7-8,12H,5-6H2,1-4H3,(H,19,20)(H,16,17,18)/t12-/m1/s1. The average Bonchev–Trinajstić information content (AvgIpc) is 2.80. The van der Waals surface area contributed by atoms with Gasteiger partial charge in [0.2, 0.25) is 0 Å². The number of anilines is 1. The maximum Gasteiger partial charge on any atom is 0.326 e. The summed E-state index contributed by atoms with van der Waals surface area (Å²) >= 11 is 1.64. The molecule has 5 nitrogen and oxygen atoms in total. The van der Waals surface area contributed by atoms with Crippen LogP contribution in [-0.2, 0) is 11.2 Å². The van der Waals surface area contributed by atoms with Gasteiger partial charge in [-0.15, -0.1) is 11.3 Å². The molecule has 21 heavy (non-hydrogen) atoms. The molecule has 0 aromatic carbocycles. The van der Waals surface area contributed by atoms with Crippen molar-refractivity contribution >= 4 is 33.3 Å². The lowest BCUT2D eigenvalue weighted by molar-refractivity contribution is -0.138. The van der Waals surface area contributed by atoms with Crippen LogP contribution in [0, 0.1) is 12.8 Å². The molecule has 2 aromatic rings. The van der Waals surface area contributed by atoms with Crippen molar-refractivity contribution in [3.63, 3.8) is 0 Å². The Balaban J connectivity index is 2.39. The summed E-state index contributed by atoms with van der Waals surface area (Å²) in [6, 6.07) is 1.42. The van der Waals surface area contributed by atoms with Crippen LogP contribution in [0.15, 0.2) is 6.07 Å². The largest absolute Gasteiger partial charge is 0.480 e. The molecule has 0 aliphatic rings. The van der Waals surface area contributed by atoms with E-state index in [-0.39, 0.29) is 0 Å². The lowest BCUT2D eigenvalue weighted by Crippen LogP contribution is -2.31. The van der Waals surface area contributed by atoms with Crippen LogP contribution < -0.4 is 5.32 Å². The van der Waals surface area contributed by atoms with Gasteiger partial charge in [-0.3, -0.25) is 0 Å². The van der Waals surface area contributed by atoms with E-state index < -0.39 is 12.0 Å². The summed E-state index contributed by atoms with van der Waals surface area (Å²) in [6.45, 7) is 7.95. The van der Waals surface area contributed by atoms with Crippen molar-refractivity contribution in [1.29, 1.82) is 0 Å². The number of rotatable bonds is 6. The fraction of sp³-hybridized carbons (Fsp3) is 0.533. The molecule has 0 amide bonds. The summed E-state index contributed by atoms with van der Waals surface area (Å²) in [5.41, 5.74) is 0. The number of hydrogen-bond donors (Lipinski definition) is 2. The maximum absolute atomic E-state index is 11.4. The summed E-state index contributed by atoms with van der Waals surface area (Å²) in [6.07, 6.45) is 1.50. The van der Waals surface area contributed by atoms with E-state index in [1.165, 1.54) is 4.88 Å². The van der Waals surface area contributed by atoms with Gasteiger partial charge in [0.05, 0.1) is 5.39 Å². The highest BCUT2D eigenvalue weighted by molar-refractivity contribution is 7.18. The minimum atomic E-state index is -0.848. The van der Waals surface area contributed by atoms with Crippen molar-refractivity contribution in [3.05, 3.63) is 16.8 Å². The molecule has 0 aliphatic carbocycles. The van der Waals surface area contributed by atoms with Crippen LogP contribution in [-0.4, -0.2) is 27.1 Å². The predicted molar refractivity (Wildman–Crippen MR) is 86.0 cm³/mol. The van der Waals surface area contributed by atoms with E-state index in [0.717, 1.165) is 16.6 Å². The molecule has 0 radical (unpaired) electrons. The molecule has 0 aliphatic heterocycles. The van der Waals surface area contributed by atoms with Crippen molar-refractivity contribution in [3.8, 4) is 0 Å². The van der Waals surface area contributed by atoms with Crippen LogP contribution in [0.1, 0.15) is 37.9 Å². The second kappa shape index (κ2) is 6.39. The Labute approximate surface area is 128 Å². The van der Waals surface area contributed by atoms with Crippen molar-refractivity contribution in [2.75, 3.05) is 5.32 Å². The smallest absolute Gasteiger partial charge is 0.326 e. The number of nitrogens with zero attached hydrogens (tertiary/aromatic N) is 2. The molecule has 6 heteroatoms. The third kappa shape index (κ3) is 3.69. The van der Waals surface area contributed by atoms with E-state index in [1.54, 1.807) is 11.3 Å². The third-order valence-corrected chi connectivity index (χ3v) is 4.39. The molecule has 0 fully saturated rings. The third-order valence-electron chi connectivity index (χ3n) is 3.22. The van der Waals surface area contributed by atoms with E-state index in [0.29, 0.717) is 24.0 Å². The van der Waals surface area contributed by atoms with Gasteiger partial charge in [0.15, 0.2) is 0 Å². The van der Waals surface area contributed by atoms with Crippen LogP contribution in [0.5, 0.6) is 0 Å². The quantitative estimate of drug-likeness (QED) is 0.854. The summed E-state index contributed by atoms with van der Waals surface area (Å²) < 4.78 is 0. The van der Waals surface area contributed by atoms with Crippen molar-refractivity contribution in [1.82, 2.24) is 9.97 Å². The highest BCUT2D eigenvalue weighted by Gasteiger charge is 2.21. The molecular weight excluding hydrogens is 286 g/mol. The minimum absolute atomic E-state index is 0.297. The Kier molecular flexibility index (Phi) is 4.77. The van der Waals surface area contributed by atoms with Gasteiger partial charge < -0.3 is 10.4 Å². The number of aromatic nitrogens is 2. The summed E-state index contributed by atoms with van der Waals surface area (Å²) in [7, 11) is 0. The number of nitrogens with one attached hydrogen (secondary N) is 1. The number of carboxylic acid groups (broad SMARTS) is 1. The van der Waals surface area contributed by atoms with Crippen LogP contribution in [0.25, 0.3) is 10.2 Å². The van der Waals surface area contributed by atoms with Gasteiger partial charge in [-0.1, -0.05) is 20.8 Å². The van der Waals surface area contributed by atoms with E-state index in [2.05, 4.69) is 28.3 Å². The number of aryl methyl sites for hydroxylation is 2. The minimum Gasteiger partial charge on any atom is -0.480 e. The molecule has 0 spiro atoms. The number of aliphatic carboxylic acids is 1. The van der Waals surface area contributed by atoms with Crippen molar-refractivity contribution in [2.45, 2.75) is 46.6 Å². The molecule has 1 atom stereocenters. The average molecular weight is 307 g/mol. The molecular formula is C15H21N3O2S. The highest BCUT2D eigenvalue weighted by atomic mass is 32.1. The number of carbonyl (C=O) groups is 1. The Morgan fingerprint density at radius 3 is 2.71 bits per heavy atom. The SMILES string of the molecule is CCc1cc2c(N[C@H](CC(C)C)C(=O)O)nc(C)nc2s1. The van der Waals surface area contributed by atoms with Crippen molar-refractivity contribution < 1.29 is 9.90 Å². The molecule has 0 unspecified atom stereocenters. The number of carboxylic acids is 1. The van der Waals surface area contributed by atoms with E-state index in [9.17, 15) is 9.90 Å². The Bertz CT molecular complexity index is 652. The van der Waals surface area contributed by atoms with Gasteiger partial charge in [0.25, 0.3) is 0 Å². The molecule has 2 rings (SSSR count). The van der Waals surface area contributed by atoms with Gasteiger partial charge >= 0.3 is 5.97 Å².